The Morgan fingerprint density at radius 3 is 2.71 bits per heavy atom. The van der Waals surface area contributed by atoms with Gasteiger partial charge in [0, 0.05) is 0 Å². The van der Waals surface area contributed by atoms with Gasteiger partial charge in [0.2, 0.25) is 0 Å². The highest BCUT2D eigenvalue weighted by Crippen LogP contribution is 2.31. The van der Waals surface area contributed by atoms with Crippen molar-refractivity contribution in [2.24, 2.45) is 0 Å². The van der Waals surface area contributed by atoms with Crippen molar-refractivity contribution in [3.05, 3.63) is 23.8 Å². The minimum atomic E-state index is 0.423. The molecule has 0 spiro atoms. The molecule has 2 heteroatoms. The number of aromatic hydroxyl groups is 1. The van der Waals surface area contributed by atoms with Crippen LogP contribution in [0.1, 0.15) is 31.7 Å². The van der Waals surface area contributed by atoms with Crippen molar-refractivity contribution in [1.29, 1.82) is 0 Å². The summed E-state index contributed by atoms with van der Waals surface area (Å²) in [7, 11) is 0. The third-order valence-electron chi connectivity index (χ3n) is 2.19. The number of thioether (sulfide) groups is 1. The van der Waals surface area contributed by atoms with Gasteiger partial charge in [0.05, 0.1) is 4.90 Å². The van der Waals surface area contributed by atoms with Gasteiger partial charge in [-0.15, -0.1) is 11.8 Å². The van der Waals surface area contributed by atoms with Crippen molar-refractivity contribution >= 4 is 11.8 Å². The Morgan fingerprint density at radius 1 is 1.29 bits per heavy atom. The molecule has 0 aliphatic rings. The normalized spacial score (nSPS) is 10.4. The van der Waals surface area contributed by atoms with Crippen LogP contribution in [0.5, 0.6) is 5.75 Å². The van der Waals surface area contributed by atoms with E-state index in [1.165, 1.54) is 24.8 Å². The second-order valence-corrected chi connectivity index (χ2v) is 4.58. The maximum absolute atomic E-state index is 9.63. The number of unbranched alkanes of at least 4 members (excludes halogenated alkanes) is 2. The first-order chi connectivity index (χ1) is 6.75. The zero-order valence-corrected chi connectivity index (χ0v) is 9.73. The van der Waals surface area contributed by atoms with E-state index in [9.17, 15) is 5.11 Å². The minimum absolute atomic E-state index is 0.423. The van der Waals surface area contributed by atoms with Crippen LogP contribution in [0.2, 0.25) is 0 Å². The molecular weight excluding hydrogens is 192 g/mol. The van der Waals surface area contributed by atoms with Gasteiger partial charge in [0.15, 0.2) is 0 Å². The van der Waals surface area contributed by atoms with E-state index in [4.69, 9.17) is 0 Å². The third-order valence-corrected chi connectivity index (χ3v) is 3.50. The van der Waals surface area contributed by atoms with Crippen molar-refractivity contribution < 1.29 is 5.11 Å². The summed E-state index contributed by atoms with van der Waals surface area (Å²) in [5.41, 5.74) is 1.17. The monoisotopic (exact) mass is 210 g/mol. The second-order valence-electron chi connectivity index (χ2n) is 3.48. The van der Waals surface area contributed by atoms with E-state index in [0.717, 1.165) is 10.6 Å². The molecule has 1 rings (SSSR count). The molecule has 0 aromatic heterocycles. The van der Waals surface area contributed by atoms with Gasteiger partial charge >= 0.3 is 0 Å². The molecule has 1 aromatic rings. The molecule has 0 saturated carbocycles. The van der Waals surface area contributed by atoms with E-state index < -0.39 is 0 Å². The van der Waals surface area contributed by atoms with Gasteiger partial charge in [-0.3, -0.25) is 0 Å². The van der Waals surface area contributed by atoms with E-state index >= 15 is 0 Å². The highest BCUT2D eigenvalue weighted by molar-refractivity contribution is 7.99. The zero-order valence-electron chi connectivity index (χ0n) is 8.92. The molecule has 78 valence electrons. The second kappa shape index (κ2) is 5.97. The molecule has 0 aliphatic heterocycles. The van der Waals surface area contributed by atoms with E-state index in [2.05, 4.69) is 6.92 Å². The molecular formula is C12H18OS. The van der Waals surface area contributed by atoms with Gasteiger partial charge in [-0.2, -0.15) is 0 Å². The fourth-order valence-corrected chi connectivity index (χ4v) is 2.42. The van der Waals surface area contributed by atoms with E-state index in [-0.39, 0.29) is 0 Å². The van der Waals surface area contributed by atoms with Crippen LogP contribution in [0.3, 0.4) is 0 Å². The SMILES string of the molecule is CCCCCSc1c(C)cccc1O. The Kier molecular flexibility index (Phi) is 4.88. The van der Waals surface area contributed by atoms with Crippen LogP contribution in [0, 0.1) is 6.92 Å². The van der Waals surface area contributed by atoms with Gasteiger partial charge in [-0.25, -0.2) is 0 Å². The molecule has 0 saturated heterocycles. The summed E-state index contributed by atoms with van der Waals surface area (Å²) >= 11 is 1.76. The standard InChI is InChI=1S/C12H18OS/c1-3-4-5-9-14-12-10(2)7-6-8-11(12)13/h6-8,13H,3-5,9H2,1-2H3. The summed E-state index contributed by atoms with van der Waals surface area (Å²) in [6.45, 7) is 4.25. The molecule has 1 N–H and O–H groups in total. The van der Waals surface area contributed by atoms with Gasteiger partial charge in [0.25, 0.3) is 0 Å². The number of rotatable bonds is 5. The van der Waals surface area contributed by atoms with Gasteiger partial charge in [-0.1, -0.05) is 31.9 Å². The fraction of sp³-hybridized carbons (Fsp3) is 0.500. The Bertz CT molecular complexity index is 263. The Balaban J connectivity index is 2.49. The summed E-state index contributed by atoms with van der Waals surface area (Å²) < 4.78 is 0. The molecule has 0 heterocycles. The lowest BCUT2D eigenvalue weighted by Gasteiger charge is -2.07. The molecule has 1 aromatic carbocycles. The minimum Gasteiger partial charge on any atom is -0.507 e. The predicted octanol–water partition coefficient (Wildman–Crippen LogP) is 3.98. The largest absolute Gasteiger partial charge is 0.507 e. The molecule has 14 heavy (non-hydrogen) atoms. The molecule has 0 amide bonds. The maximum Gasteiger partial charge on any atom is 0.129 e. The third kappa shape index (κ3) is 3.26. The van der Waals surface area contributed by atoms with E-state index in [0.29, 0.717) is 5.75 Å². The summed E-state index contributed by atoms with van der Waals surface area (Å²) in [5.74, 6) is 1.53. The average molecular weight is 210 g/mol. The highest BCUT2D eigenvalue weighted by atomic mass is 32.2. The van der Waals surface area contributed by atoms with Crippen molar-refractivity contribution in [3.63, 3.8) is 0 Å². The Hall–Kier alpha value is -0.630. The number of aryl methyl sites for hydroxylation is 1. The lowest BCUT2D eigenvalue weighted by Crippen LogP contribution is -1.84. The van der Waals surface area contributed by atoms with Gasteiger partial charge < -0.3 is 5.11 Å². The summed E-state index contributed by atoms with van der Waals surface area (Å²) in [6, 6.07) is 5.69. The van der Waals surface area contributed by atoms with Gasteiger partial charge in [0.1, 0.15) is 5.75 Å². The van der Waals surface area contributed by atoms with Gasteiger partial charge in [-0.05, 0) is 30.7 Å². The first kappa shape index (κ1) is 11.4. The molecule has 0 aliphatic carbocycles. The van der Waals surface area contributed by atoms with Crippen LogP contribution in [-0.2, 0) is 0 Å². The summed E-state index contributed by atoms with van der Waals surface area (Å²) in [6.07, 6.45) is 3.76. The van der Waals surface area contributed by atoms with Crippen LogP contribution < -0.4 is 0 Å². The smallest absolute Gasteiger partial charge is 0.129 e. The van der Waals surface area contributed by atoms with E-state index in [1.807, 2.05) is 19.1 Å². The number of phenols is 1. The average Bonchev–Trinajstić information content (AvgIpc) is 2.16. The fourth-order valence-electron chi connectivity index (χ4n) is 1.35. The topological polar surface area (TPSA) is 20.2 Å². The number of phenolic OH excluding ortho intramolecular Hbond substituents is 1. The van der Waals surface area contributed by atoms with Crippen molar-refractivity contribution in [2.75, 3.05) is 5.75 Å². The zero-order chi connectivity index (χ0) is 10.4. The lowest BCUT2D eigenvalue weighted by molar-refractivity contribution is 0.461. The quantitative estimate of drug-likeness (QED) is 0.586. The Morgan fingerprint density at radius 2 is 2.07 bits per heavy atom. The van der Waals surface area contributed by atoms with Crippen LogP contribution in [0.15, 0.2) is 23.1 Å². The molecule has 0 fully saturated rings. The van der Waals surface area contributed by atoms with Crippen LogP contribution in [0.25, 0.3) is 0 Å². The molecule has 1 nitrogen and oxygen atoms in total. The number of hydrogen-bond donors (Lipinski definition) is 1. The van der Waals surface area contributed by atoms with Crippen LogP contribution >= 0.6 is 11.8 Å². The number of hydrogen-bond acceptors (Lipinski definition) is 2. The predicted molar refractivity (Wildman–Crippen MR) is 63.1 cm³/mol. The highest BCUT2D eigenvalue weighted by Gasteiger charge is 2.03. The molecule has 0 unspecified atom stereocenters. The van der Waals surface area contributed by atoms with Crippen LogP contribution in [-0.4, -0.2) is 10.9 Å². The van der Waals surface area contributed by atoms with Crippen LogP contribution in [0.4, 0.5) is 0 Å². The van der Waals surface area contributed by atoms with E-state index in [1.54, 1.807) is 17.8 Å². The molecule has 0 atom stereocenters. The van der Waals surface area contributed by atoms with Crippen molar-refractivity contribution in [1.82, 2.24) is 0 Å². The van der Waals surface area contributed by atoms with Crippen molar-refractivity contribution in [3.8, 4) is 5.75 Å². The first-order valence-electron chi connectivity index (χ1n) is 5.17. The molecule has 0 bridgehead atoms. The molecule has 0 radical (unpaired) electrons. The lowest BCUT2D eigenvalue weighted by atomic mass is 10.2. The summed E-state index contributed by atoms with van der Waals surface area (Å²) in [4.78, 5) is 1.05. The first-order valence-corrected chi connectivity index (χ1v) is 6.15. The van der Waals surface area contributed by atoms with Crippen molar-refractivity contribution in [2.45, 2.75) is 38.0 Å². The summed E-state index contributed by atoms with van der Waals surface area (Å²) in [5, 5.41) is 9.63. The number of benzene rings is 1. The Labute approximate surface area is 90.5 Å². The maximum atomic E-state index is 9.63.